The van der Waals surface area contributed by atoms with Crippen LogP contribution in [-0.4, -0.2) is 36.9 Å². The van der Waals surface area contributed by atoms with Crippen LogP contribution in [0.4, 0.5) is 21.9 Å². The number of nitrogens with zero attached hydrogens (tertiary/aromatic N) is 3. The van der Waals surface area contributed by atoms with Gasteiger partial charge < -0.3 is 4.90 Å². The molecule has 0 radical (unpaired) electrons. The lowest BCUT2D eigenvalue weighted by Gasteiger charge is -2.26. The Morgan fingerprint density at radius 1 is 1.07 bits per heavy atom. The monoisotopic (exact) mass is 394 g/mol. The van der Waals surface area contributed by atoms with Crippen molar-refractivity contribution in [2.24, 2.45) is 0 Å². The molecule has 9 heteroatoms. The van der Waals surface area contributed by atoms with Crippen LogP contribution in [0.1, 0.15) is 11.1 Å². The standard InChI is InChI=1S/C20H18N4O5/c1-12-4-7-14(8-5-12)23-19(26)15(18(25)21-20(23)27)10-13-6-9-16(22(2)3)17(11-13)24(28)29/h4-11H,1-3H3,(H,21,25,27)/b15-10+. The Morgan fingerprint density at radius 2 is 1.72 bits per heavy atom. The molecule has 9 nitrogen and oxygen atoms in total. The fourth-order valence-corrected chi connectivity index (χ4v) is 2.91. The number of urea groups is 1. The number of carbonyl (C=O) groups is 3. The molecule has 1 N–H and O–H groups in total. The van der Waals surface area contributed by atoms with Crippen LogP contribution in [-0.2, 0) is 9.59 Å². The molecule has 1 aliphatic heterocycles. The molecule has 1 saturated heterocycles. The Morgan fingerprint density at radius 3 is 2.31 bits per heavy atom. The minimum atomic E-state index is -0.859. The van der Waals surface area contributed by atoms with E-state index >= 15 is 0 Å². The summed E-state index contributed by atoms with van der Waals surface area (Å²) in [7, 11) is 3.34. The van der Waals surface area contributed by atoms with Gasteiger partial charge in [-0.3, -0.25) is 25.0 Å². The quantitative estimate of drug-likeness (QED) is 0.369. The van der Waals surface area contributed by atoms with Gasteiger partial charge in [-0.05, 0) is 36.8 Å². The molecule has 1 fully saturated rings. The van der Waals surface area contributed by atoms with E-state index in [2.05, 4.69) is 5.32 Å². The summed E-state index contributed by atoms with van der Waals surface area (Å²) in [5.41, 5.74) is 1.47. The second-order valence-corrected chi connectivity index (χ2v) is 6.69. The second kappa shape index (κ2) is 7.55. The molecule has 2 aromatic rings. The van der Waals surface area contributed by atoms with Gasteiger partial charge in [-0.2, -0.15) is 0 Å². The molecule has 3 rings (SSSR count). The third-order valence-electron chi connectivity index (χ3n) is 4.38. The Bertz CT molecular complexity index is 1060. The highest BCUT2D eigenvalue weighted by molar-refractivity contribution is 6.39. The van der Waals surface area contributed by atoms with Crippen LogP contribution in [0.15, 0.2) is 48.0 Å². The van der Waals surface area contributed by atoms with E-state index in [1.54, 1.807) is 49.3 Å². The van der Waals surface area contributed by atoms with Crippen molar-refractivity contribution in [3.05, 3.63) is 69.3 Å². The SMILES string of the molecule is Cc1ccc(N2C(=O)NC(=O)/C(=C\c3ccc(N(C)C)c([N+](=O)[O-])c3)C2=O)cc1. The summed E-state index contributed by atoms with van der Waals surface area (Å²) >= 11 is 0. The second-order valence-electron chi connectivity index (χ2n) is 6.69. The third-order valence-corrected chi connectivity index (χ3v) is 4.38. The zero-order valence-corrected chi connectivity index (χ0v) is 16.0. The lowest BCUT2D eigenvalue weighted by Crippen LogP contribution is -2.54. The van der Waals surface area contributed by atoms with E-state index in [1.165, 1.54) is 18.2 Å². The van der Waals surface area contributed by atoms with Gasteiger partial charge >= 0.3 is 6.03 Å². The topological polar surface area (TPSA) is 113 Å². The maximum absolute atomic E-state index is 12.9. The first-order valence-corrected chi connectivity index (χ1v) is 8.63. The minimum Gasteiger partial charge on any atom is -0.372 e. The molecule has 0 spiro atoms. The Kier molecular flexibility index (Phi) is 5.14. The molecule has 2 aromatic carbocycles. The van der Waals surface area contributed by atoms with Crippen molar-refractivity contribution in [2.75, 3.05) is 23.9 Å². The number of benzene rings is 2. The lowest BCUT2D eigenvalue weighted by molar-refractivity contribution is -0.384. The van der Waals surface area contributed by atoms with E-state index in [0.717, 1.165) is 10.5 Å². The molecule has 0 aromatic heterocycles. The number of barbiturate groups is 1. The van der Waals surface area contributed by atoms with E-state index in [4.69, 9.17) is 0 Å². The van der Waals surface area contributed by atoms with Gasteiger partial charge in [0, 0.05) is 20.2 Å². The van der Waals surface area contributed by atoms with E-state index in [9.17, 15) is 24.5 Å². The number of nitrogens with one attached hydrogen (secondary N) is 1. The maximum Gasteiger partial charge on any atom is 0.335 e. The minimum absolute atomic E-state index is 0.167. The molecule has 0 unspecified atom stereocenters. The zero-order valence-electron chi connectivity index (χ0n) is 16.0. The molecule has 1 aliphatic rings. The van der Waals surface area contributed by atoms with Gasteiger partial charge in [0.25, 0.3) is 17.5 Å². The average molecular weight is 394 g/mol. The Labute approximate surface area is 166 Å². The Balaban J connectivity index is 2.04. The van der Waals surface area contributed by atoms with Crippen LogP contribution >= 0.6 is 0 Å². The van der Waals surface area contributed by atoms with E-state index < -0.39 is 22.8 Å². The van der Waals surface area contributed by atoms with E-state index in [1.807, 2.05) is 6.92 Å². The molecule has 1 heterocycles. The summed E-state index contributed by atoms with van der Waals surface area (Å²) < 4.78 is 0. The van der Waals surface area contributed by atoms with Crippen molar-refractivity contribution in [1.82, 2.24) is 5.32 Å². The predicted molar refractivity (Wildman–Crippen MR) is 108 cm³/mol. The zero-order chi connectivity index (χ0) is 21.3. The largest absolute Gasteiger partial charge is 0.372 e. The van der Waals surface area contributed by atoms with Crippen LogP contribution in [0.3, 0.4) is 0 Å². The number of amides is 4. The van der Waals surface area contributed by atoms with Gasteiger partial charge in [0.15, 0.2) is 0 Å². The van der Waals surface area contributed by atoms with Crippen molar-refractivity contribution in [2.45, 2.75) is 6.92 Å². The number of anilines is 2. The molecule has 0 aliphatic carbocycles. The van der Waals surface area contributed by atoms with Crippen LogP contribution < -0.4 is 15.1 Å². The summed E-state index contributed by atoms with van der Waals surface area (Å²) in [5.74, 6) is -1.66. The number of nitro benzene ring substituents is 1. The summed E-state index contributed by atoms with van der Waals surface area (Å²) in [6, 6.07) is 10.2. The summed E-state index contributed by atoms with van der Waals surface area (Å²) in [6.07, 6.45) is 1.23. The van der Waals surface area contributed by atoms with Crippen molar-refractivity contribution in [3.63, 3.8) is 0 Å². The molecular weight excluding hydrogens is 376 g/mol. The molecule has 148 valence electrons. The molecule has 0 saturated carbocycles. The van der Waals surface area contributed by atoms with Gasteiger partial charge in [0.2, 0.25) is 0 Å². The Hall–Kier alpha value is -4.01. The van der Waals surface area contributed by atoms with Crippen LogP contribution in [0, 0.1) is 17.0 Å². The first-order chi connectivity index (χ1) is 13.7. The van der Waals surface area contributed by atoms with Crippen molar-refractivity contribution >= 4 is 41.0 Å². The average Bonchev–Trinajstić information content (AvgIpc) is 2.66. The van der Waals surface area contributed by atoms with Gasteiger partial charge in [0.05, 0.1) is 10.6 Å². The molecular formula is C20H18N4O5. The first kappa shape index (κ1) is 19.7. The molecule has 29 heavy (non-hydrogen) atoms. The maximum atomic E-state index is 12.9. The number of hydrogen-bond donors (Lipinski definition) is 1. The van der Waals surface area contributed by atoms with Gasteiger partial charge in [-0.15, -0.1) is 0 Å². The number of imide groups is 2. The smallest absolute Gasteiger partial charge is 0.335 e. The van der Waals surface area contributed by atoms with Crippen molar-refractivity contribution < 1.29 is 19.3 Å². The number of aryl methyl sites for hydroxylation is 1. The fraction of sp³-hybridized carbons (Fsp3) is 0.150. The van der Waals surface area contributed by atoms with E-state index in [0.29, 0.717) is 16.9 Å². The van der Waals surface area contributed by atoms with Gasteiger partial charge in [-0.25, -0.2) is 9.69 Å². The molecule has 0 atom stereocenters. The van der Waals surface area contributed by atoms with Crippen molar-refractivity contribution in [1.29, 1.82) is 0 Å². The number of nitro groups is 1. The lowest BCUT2D eigenvalue weighted by atomic mass is 10.1. The van der Waals surface area contributed by atoms with Gasteiger partial charge in [0.1, 0.15) is 11.3 Å². The van der Waals surface area contributed by atoms with Crippen LogP contribution in [0.5, 0.6) is 0 Å². The van der Waals surface area contributed by atoms with E-state index in [-0.39, 0.29) is 11.3 Å². The highest BCUT2D eigenvalue weighted by Crippen LogP contribution is 2.29. The highest BCUT2D eigenvalue weighted by atomic mass is 16.6. The summed E-state index contributed by atoms with van der Waals surface area (Å²) in [6.45, 7) is 1.86. The first-order valence-electron chi connectivity index (χ1n) is 8.63. The van der Waals surface area contributed by atoms with Crippen molar-refractivity contribution in [3.8, 4) is 0 Å². The normalized spacial score (nSPS) is 15.5. The number of rotatable bonds is 4. The number of hydrogen-bond acceptors (Lipinski definition) is 6. The predicted octanol–water partition coefficient (Wildman–Crippen LogP) is 2.64. The fourth-order valence-electron chi connectivity index (χ4n) is 2.91. The highest BCUT2D eigenvalue weighted by Gasteiger charge is 2.36. The number of carbonyl (C=O) groups excluding carboxylic acids is 3. The van der Waals surface area contributed by atoms with Crippen LogP contribution in [0.25, 0.3) is 6.08 Å². The third kappa shape index (κ3) is 3.84. The summed E-state index contributed by atoms with van der Waals surface area (Å²) in [4.78, 5) is 50.6. The van der Waals surface area contributed by atoms with Gasteiger partial charge in [-0.1, -0.05) is 23.8 Å². The summed E-state index contributed by atoms with van der Waals surface area (Å²) in [5, 5.41) is 13.5. The molecule has 0 bridgehead atoms. The molecule has 4 amide bonds. The van der Waals surface area contributed by atoms with Crippen LogP contribution in [0.2, 0.25) is 0 Å².